The zero-order valence-electron chi connectivity index (χ0n) is 7.46. The maximum absolute atomic E-state index is 11.0. The van der Waals surface area contributed by atoms with Crippen molar-refractivity contribution in [1.29, 1.82) is 0 Å². The van der Waals surface area contributed by atoms with E-state index in [2.05, 4.69) is 11.7 Å². The third-order valence-corrected chi connectivity index (χ3v) is 2.40. The molecule has 0 aromatic carbocycles. The van der Waals surface area contributed by atoms with Crippen LogP contribution in [0.4, 0.5) is 0 Å². The van der Waals surface area contributed by atoms with Crippen LogP contribution in [0.15, 0.2) is 0 Å². The van der Waals surface area contributed by atoms with Crippen molar-refractivity contribution in [2.45, 2.75) is 19.8 Å². The van der Waals surface area contributed by atoms with Crippen LogP contribution in [0.1, 0.15) is 19.8 Å². The summed E-state index contributed by atoms with van der Waals surface area (Å²) in [5, 5.41) is 0. The van der Waals surface area contributed by atoms with Crippen molar-refractivity contribution in [3.8, 4) is 0 Å². The normalized spacial score (nSPS) is 9.50. The summed E-state index contributed by atoms with van der Waals surface area (Å²) in [7, 11) is 1.29. The van der Waals surface area contributed by atoms with Crippen LogP contribution in [-0.4, -0.2) is 30.4 Å². The highest BCUT2D eigenvalue weighted by Gasteiger charge is 2.08. The molecule has 0 bridgehead atoms. The number of ether oxygens (including phenoxy) is 1. The average molecular weight is 190 g/mol. The highest BCUT2D eigenvalue weighted by Crippen LogP contribution is 2.03. The van der Waals surface area contributed by atoms with Crippen LogP contribution >= 0.6 is 11.8 Å². The van der Waals surface area contributed by atoms with E-state index in [1.807, 2.05) is 0 Å². The van der Waals surface area contributed by atoms with Crippen LogP contribution in [0.2, 0.25) is 0 Å². The molecule has 0 rings (SSSR count). The van der Waals surface area contributed by atoms with Gasteiger partial charge in [0, 0.05) is 0 Å². The Kier molecular flexibility index (Phi) is 6.85. The van der Waals surface area contributed by atoms with E-state index in [-0.39, 0.29) is 12.2 Å². The fourth-order valence-electron chi connectivity index (χ4n) is 0.615. The largest absolute Gasteiger partial charge is 0.469 e. The Hall–Kier alpha value is -0.510. The van der Waals surface area contributed by atoms with Crippen molar-refractivity contribution in [2.75, 3.05) is 18.6 Å². The van der Waals surface area contributed by atoms with Gasteiger partial charge in [0.05, 0.1) is 12.9 Å². The van der Waals surface area contributed by atoms with E-state index < -0.39 is 5.97 Å². The summed E-state index contributed by atoms with van der Waals surface area (Å²) in [6.45, 7) is 2.05. The maximum Gasteiger partial charge on any atom is 0.313 e. The lowest BCUT2D eigenvalue weighted by molar-refractivity contribution is -0.142. The standard InChI is InChI=1S/C8H14O3S/c1-3-4-12-6-7(9)5-8(10)11-2/h3-6H2,1-2H3. The number of methoxy groups -OCH3 is 1. The Labute approximate surface area is 76.9 Å². The monoisotopic (exact) mass is 190 g/mol. The van der Waals surface area contributed by atoms with Gasteiger partial charge in [0.1, 0.15) is 6.42 Å². The molecule has 12 heavy (non-hydrogen) atoms. The molecule has 0 aliphatic carbocycles. The van der Waals surface area contributed by atoms with E-state index in [0.717, 1.165) is 12.2 Å². The minimum Gasteiger partial charge on any atom is -0.469 e. The van der Waals surface area contributed by atoms with Crippen LogP contribution < -0.4 is 0 Å². The smallest absolute Gasteiger partial charge is 0.313 e. The molecule has 0 saturated carbocycles. The predicted molar refractivity (Wildman–Crippen MR) is 49.3 cm³/mol. The Morgan fingerprint density at radius 3 is 2.58 bits per heavy atom. The number of thioether (sulfide) groups is 1. The molecule has 0 aromatic rings. The fourth-order valence-corrected chi connectivity index (χ4v) is 1.38. The van der Waals surface area contributed by atoms with E-state index in [1.54, 1.807) is 11.8 Å². The number of ketones is 1. The molecule has 0 unspecified atom stereocenters. The van der Waals surface area contributed by atoms with Crippen molar-refractivity contribution < 1.29 is 14.3 Å². The molecular weight excluding hydrogens is 176 g/mol. The second-order valence-corrected chi connectivity index (χ2v) is 3.45. The first-order valence-corrected chi connectivity index (χ1v) is 5.02. The first kappa shape index (κ1) is 11.5. The Morgan fingerprint density at radius 2 is 2.08 bits per heavy atom. The van der Waals surface area contributed by atoms with Gasteiger partial charge in [-0.05, 0) is 12.2 Å². The van der Waals surface area contributed by atoms with E-state index in [9.17, 15) is 9.59 Å². The third kappa shape index (κ3) is 6.22. The first-order chi connectivity index (χ1) is 5.70. The van der Waals surface area contributed by atoms with E-state index in [0.29, 0.717) is 5.75 Å². The van der Waals surface area contributed by atoms with Gasteiger partial charge >= 0.3 is 5.97 Å². The summed E-state index contributed by atoms with van der Waals surface area (Å²) >= 11 is 1.56. The molecular formula is C8H14O3S. The number of carbonyl (C=O) groups is 2. The minimum atomic E-state index is -0.447. The third-order valence-electron chi connectivity index (χ3n) is 1.18. The summed E-state index contributed by atoms with van der Waals surface area (Å²) in [6, 6.07) is 0. The van der Waals surface area contributed by atoms with Crippen LogP contribution in [-0.2, 0) is 14.3 Å². The van der Waals surface area contributed by atoms with E-state index >= 15 is 0 Å². The number of esters is 1. The average Bonchev–Trinajstić information content (AvgIpc) is 2.05. The van der Waals surface area contributed by atoms with Crippen LogP contribution in [0.5, 0.6) is 0 Å². The SMILES string of the molecule is CCCSCC(=O)CC(=O)OC. The van der Waals surface area contributed by atoms with E-state index in [4.69, 9.17) is 0 Å². The Balaban J connectivity index is 3.40. The summed E-state index contributed by atoms with van der Waals surface area (Å²) in [5.41, 5.74) is 0. The lowest BCUT2D eigenvalue weighted by Gasteiger charge is -1.98. The second kappa shape index (κ2) is 7.16. The Bertz CT molecular complexity index is 156. The molecule has 3 nitrogen and oxygen atoms in total. The minimum absolute atomic E-state index is 0.0553. The number of carbonyl (C=O) groups excluding carboxylic acids is 2. The molecule has 0 radical (unpaired) electrons. The van der Waals surface area contributed by atoms with Crippen molar-refractivity contribution in [3.05, 3.63) is 0 Å². The zero-order valence-corrected chi connectivity index (χ0v) is 8.28. The quantitative estimate of drug-likeness (QED) is 0.359. The number of hydrogen-bond donors (Lipinski definition) is 0. The lowest BCUT2D eigenvalue weighted by atomic mass is 10.3. The van der Waals surface area contributed by atoms with Crippen molar-refractivity contribution in [1.82, 2.24) is 0 Å². The summed E-state index contributed by atoms with van der Waals surface area (Å²) in [5.74, 6) is 0.882. The number of hydrogen-bond acceptors (Lipinski definition) is 4. The Morgan fingerprint density at radius 1 is 1.42 bits per heavy atom. The van der Waals surface area contributed by atoms with Gasteiger partial charge in [-0.15, -0.1) is 0 Å². The van der Waals surface area contributed by atoms with Crippen LogP contribution in [0, 0.1) is 0 Å². The van der Waals surface area contributed by atoms with Gasteiger partial charge in [-0.3, -0.25) is 9.59 Å². The zero-order chi connectivity index (χ0) is 9.40. The molecule has 0 N–H and O–H groups in total. The van der Waals surface area contributed by atoms with Gasteiger partial charge in [0.15, 0.2) is 5.78 Å². The van der Waals surface area contributed by atoms with Crippen molar-refractivity contribution in [2.24, 2.45) is 0 Å². The fraction of sp³-hybridized carbons (Fsp3) is 0.750. The van der Waals surface area contributed by atoms with Gasteiger partial charge in [-0.2, -0.15) is 11.8 Å². The van der Waals surface area contributed by atoms with Crippen molar-refractivity contribution >= 4 is 23.5 Å². The van der Waals surface area contributed by atoms with E-state index in [1.165, 1.54) is 7.11 Å². The molecule has 0 amide bonds. The molecule has 0 aliphatic heterocycles. The van der Waals surface area contributed by atoms with Crippen LogP contribution in [0.25, 0.3) is 0 Å². The van der Waals surface area contributed by atoms with Crippen LogP contribution in [0.3, 0.4) is 0 Å². The summed E-state index contributed by atoms with van der Waals surface area (Å²) in [6.07, 6.45) is 0.962. The first-order valence-electron chi connectivity index (χ1n) is 3.87. The van der Waals surface area contributed by atoms with Gasteiger partial charge in [0.25, 0.3) is 0 Å². The van der Waals surface area contributed by atoms with Gasteiger partial charge < -0.3 is 4.74 Å². The maximum atomic E-state index is 11.0. The molecule has 0 spiro atoms. The summed E-state index contributed by atoms with van der Waals surface area (Å²) in [4.78, 5) is 21.6. The predicted octanol–water partition coefficient (Wildman–Crippen LogP) is 1.26. The topological polar surface area (TPSA) is 43.4 Å². The molecule has 0 atom stereocenters. The lowest BCUT2D eigenvalue weighted by Crippen LogP contribution is -2.11. The van der Waals surface area contributed by atoms with Gasteiger partial charge in [0.2, 0.25) is 0 Å². The second-order valence-electron chi connectivity index (χ2n) is 2.34. The molecule has 4 heteroatoms. The van der Waals surface area contributed by atoms with Gasteiger partial charge in [-0.1, -0.05) is 6.92 Å². The molecule has 0 fully saturated rings. The summed E-state index contributed by atoms with van der Waals surface area (Å²) < 4.78 is 4.36. The number of Topliss-reactive ketones (excluding diaryl/α,β-unsaturated/α-hetero) is 1. The van der Waals surface area contributed by atoms with Crippen molar-refractivity contribution in [3.63, 3.8) is 0 Å². The number of rotatable bonds is 6. The highest BCUT2D eigenvalue weighted by molar-refractivity contribution is 7.99. The highest BCUT2D eigenvalue weighted by atomic mass is 32.2. The molecule has 70 valence electrons. The molecule has 0 saturated heterocycles. The molecule has 0 heterocycles. The van der Waals surface area contributed by atoms with Gasteiger partial charge in [-0.25, -0.2) is 0 Å². The molecule has 0 aliphatic rings. The molecule has 0 aromatic heterocycles.